The van der Waals surface area contributed by atoms with Gasteiger partial charge < -0.3 is 4.90 Å². The molecule has 1 heterocycles. The van der Waals surface area contributed by atoms with Crippen molar-refractivity contribution >= 4 is 17.2 Å². The molecule has 2 aromatic rings. The van der Waals surface area contributed by atoms with Gasteiger partial charge in [0.15, 0.2) is 0 Å². The maximum atomic E-state index is 12.6. The van der Waals surface area contributed by atoms with Crippen LogP contribution in [0.2, 0.25) is 0 Å². The van der Waals surface area contributed by atoms with Gasteiger partial charge in [-0.1, -0.05) is 18.2 Å². The molecule has 1 saturated carbocycles. The van der Waals surface area contributed by atoms with E-state index < -0.39 is 11.7 Å². The molecule has 1 amide bonds. The Morgan fingerprint density at radius 2 is 1.84 bits per heavy atom. The Bertz CT molecular complexity index is 690. The molecule has 1 aromatic heterocycles. The standard InChI is InChI=1S/C19H20F3NOS/c20-19(21,22)15-6-3-14(4-7-15)5-10-18(24)23(16-8-9-16)12-11-17-2-1-13-25-17/h1-4,6-7,13,16H,5,8-12H2. The van der Waals surface area contributed by atoms with Crippen LogP contribution in [0.15, 0.2) is 41.8 Å². The van der Waals surface area contributed by atoms with E-state index in [-0.39, 0.29) is 5.91 Å². The number of benzene rings is 1. The van der Waals surface area contributed by atoms with Crippen molar-refractivity contribution in [3.8, 4) is 0 Å². The lowest BCUT2D eigenvalue weighted by molar-refractivity contribution is -0.137. The summed E-state index contributed by atoms with van der Waals surface area (Å²) >= 11 is 1.69. The number of hydrogen-bond acceptors (Lipinski definition) is 2. The number of halogens is 3. The summed E-state index contributed by atoms with van der Waals surface area (Å²) in [4.78, 5) is 15.7. The summed E-state index contributed by atoms with van der Waals surface area (Å²) in [6.45, 7) is 0.719. The van der Waals surface area contributed by atoms with Gasteiger partial charge in [-0.2, -0.15) is 13.2 Å². The van der Waals surface area contributed by atoms with Crippen molar-refractivity contribution in [1.29, 1.82) is 0 Å². The molecule has 0 unspecified atom stereocenters. The Kier molecular flexibility index (Phi) is 5.47. The molecule has 0 saturated heterocycles. The summed E-state index contributed by atoms with van der Waals surface area (Å²) < 4.78 is 37.7. The molecule has 0 radical (unpaired) electrons. The maximum Gasteiger partial charge on any atom is 0.416 e. The van der Waals surface area contributed by atoms with Crippen LogP contribution in [0.25, 0.3) is 0 Å². The fourth-order valence-electron chi connectivity index (χ4n) is 2.84. The maximum absolute atomic E-state index is 12.6. The zero-order valence-electron chi connectivity index (χ0n) is 13.8. The van der Waals surface area contributed by atoms with E-state index in [1.54, 1.807) is 11.3 Å². The Balaban J connectivity index is 1.53. The van der Waals surface area contributed by atoms with E-state index in [4.69, 9.17) is 0 Å². The van der Waals surface area contributed by atoms with Crippen molar-refractivity contribution in [3.63, 3.8) is 0 Å². The van der Waals surface area contributed by atoms with Gasteiger partial charge in [0.2, 0.25) is 5.91 Å². The first-order valence-corrected chi connectivity index (χ1v) is 9.29. The van der Waals surface area contributed by atoms with Crippen LogP contribution in [0.4, 0.5) is 13.2 Å². The molecule has 0 N–H and O–H groups in total. The molecule has 1 fully saturated rings. The second-order valence-corrected chi connectivity index (χ2v) is 7.37. The normalized spacial score (nSPS) is 14.5. The summed E-state index contributed by atoms with van der Waals surface area (Å²) in [5.74, 6) is 0.0963. The molecule has 6 heteroatoms. The van der Waals surface area contributed by atoms with Crippen LogP contribution in [0.5, 0.6) is 0 Å². The third-order valence-electron chi connectivity index (χ3n) is 4.40. The summed E-state index contributed by atoms with van der Waals surface area (Å²) in [5, 5.41) is 2.03. The highest BCUT2D eigenvalue weighted by molar-refractivity contribution is 7.09. The minimum atomic E-state index is -4.32. The second kappa shape index (κ2) is 7.60. The Labute approximate surface area is 149 Å². The third kappa shape index (κ3) is 5.08. The molecular formula is C19H20F3NOS. The predicted molar refractivity (Wildman–Crippen MR) is 92.5 cm³/mol. The number of amides is 1. The van der Waals surface area contributed by atoms with E-state index in [1.165, 1.54) is 17.0 Å². The van der Waals surface area contributed by atoms with Gasteiger partial charge in [-0.25, -0.2) is 0 Å². The van der Waals surface area contributed by atoms with Crippen molar-refractivity contribution in [3.05, 3.63) is 57.8 Å². The van der Waals surface area contributed by atoms with Crippen molar-refractivity contribution in [2.75, 3.05) is 6.54 Å². The average Bonchev–Trinajstić information content (AvgIpc) is 3.27. The van der Waals surface area contributed by atoms with Crippen LogP contribution >= 0.6 is 11.3 Å². The number of carbonyl (C=O) groups is 1. The van der Waals surface area contributed by atoms with Crippen molar-refractivity contribution < 1.29 is 18.0 Å². The number of thiophene rings is 1. The molecular weight excluding hydrogens is 347 g/mol. The highest BCUT2D eigenvalue weighted by atomic mass is 32.1. The van der Waals surface area contributed by atoms with Crippen molar-refractivity contribution in [1.82, 2.24) is 4.90 Å². The summed E-state index contributed by atoms with van der Waals surface area (Å²) in [5.41, 5.74) is 0.105. The van der Waals surface area contributed by atoms with E-state index in [2.05, 4.69) is 6.07 Å². The number of alkyl halides is 3. The Hall–Kier alpha value is -1.82. The lowest BCUT2D eigenvalue weighted by atomic mass is 10.1. The van der Waals surface area contributed by atoms with Gasteiger partial charge in [-0.05, 0) is 54.8 Å². The van der Waals surface area contributed by atoms with E-state index >= 15 is 0 Å². The SMILES string of the molecule is O=C(CCc1ccc(C(F)(F)F)cc1)N(CCc1cccs1)C1CC1. The van der Waals surface area contributed by atoms with E-state index in [0.29, 0.717) is 18.9 Å². The highest BCUT2D eigenvalue weighted by Gasteiger charge is 2.32. The molecule has 2 nitrogen and oxygen atoms in total. The van der Waals surface area contributed by atoms with Gasteiger partial charge in [0.1, 0.15) is 0 Å². The molecule has 3 rings (SSSR count). The van der Waals surface area contributed by atoms with Gasteiger partial charge in [0.25, 0.3) is 0 Å². The minimum Gasteiger partial charge on any atom is -0.339 e. The average molecular weight is 367 g/mol. The largest absolute Gasteiger partial charge is 0.416 e. The van der Waals surface area contributed by atoms with Crippen LogP contribution in [0.3, 0.4) is 0 Å². The van der Waals surface area contributed by atoms with Gasteiger partial charge in [-0.15, -0.1) is 11.3 Å². The lowest BCUT2D eigenvalue weighted by Crippen LogP contribution is -2.35. The van der Waals surface area contributed by atoms with E-state index in [1.807, 2.05) is 16.3 Å². The molecule has 25 heavy (non-hydrogen) atoms. The first-order valence-electron chi connectivity index (χ1n) is 8.41. The first-order chi connectivity index (χ1) is 11.9. The first kappa shape index (κ1) is 18.0. The van der Waals surface area contributed by atoms with Gasteiger partial charge >= 0.3 is 6.18 Å². The summed E-state index contributed by atoms with van der Waals surface area (Å²) in [6.07, 6.45) is -0.544. The minimum absolute atomic E-state index is 0.0963. The van der Waals surface area contributed by atoms with Crippen molar-refractivity contribution in [2.24, 2.45) is 0 Å². The van der Waals surface area contributed by atoms with Crippen LogP contribution in [0.1, 0.15) is 35.3 Å². The van der Waals surface area contributed by atoms with Crippen LogP contribution in [0, 0.1) is 0 Å². The Morgan fingerprint density at radius 3 is 2.40 bits per heavy atom. The molecule has 0 spiro atoms. The fourth-order valence-corrected chi connectivity index (χ4v) is 3.54. The number of hydrogen-bond donors (Lipinski definition) is 0. The van der Waals surface area contributed by atoms with Gasteiger partial charge in [-0.3, -0.25) is 4.79 Å². The number of nitrogens with zero attached hydrogens (tertiary/aromatic N) is 1. The summed E-state index contributed by atoms with van der Waals surface area (Å²) in [7, 11) is 0. The number of rotatable bonds is 7. The van der Waals surface area contributed by atoms with E-state index in [0.717, 1.165) is 43.5 Å². The predicted octanol–water partition coefficient (Wildman–Crippen LogP) is 4.93. The molecule has 0 aliphatic heterocycles. The topological polar surface area (TPSA) is 20.3 Å². The highest BCUT2D eigenvalue weighted by Crippen LogP contribution is 2.30. The summed E-state index contributed by atoms with van der Waals surface area (Å²) in [6, 6.07) is 9.51. The van der Waals surface area contributed by atoms with E-state index in [9.17, 15) is 18.0 Å². The molecule has 1 aliphatic rings. The van der Waals surface area contributed by atoms with Gasteiger partial charge in [0.05, 0.1) is 5.56 Å². The third-order valence-corrected chi connectivity index (χ3v) is 5.33. The van der Waals surface area contributed by atoms with Crippen LogP contribution in [-0.2, 0) is 23.8 Å². The second-order valence-electron chi connectivity index (χ2n) is 6.34. The van der Waals surface area contributed by atoms with Crippen LogP contribution < -0.4 is 0 Å². The van der Waals surface area contributed by atoms with Crippen LogP contribution in [-0.4, -0.2) is 23.4 Å². The molecule has 134 valence electrons. The zero-order chi connectivity index (χ0) is 17.9. The smallest absolute Gasteiger partial charge is 0.339 e. The zero-order valence-corrected chi connectivity index (χ0v) is 14.6. The molecule has 1 aliphatic carbocycles. The van der Waals surface area contributed by atoms with Gasteiger partial charge in [0, 0.05) is 23.9 Å². The van der Waals surface area contributed by atoms with Crippen molar-refractivity contribution in [2.45, 2.75) is 44.3 Å². The fraction of sp³-hybridized carbons (Fsp3) is 0.421. The number of aryl methyl sites for hydroxylation is 1. The molecule has 1 aromatic carbocycles. The number of carbonyl (C=O) groups excluding carboxylic acids is 1. The molecule has 0 atom stereocenters. The monoisotopic (exact) mass is 367 g/mol. The lowest BCUT2D eigenvalue weighted by Gasteiger charge is -2.22. The molecule has 0 bridgehead atoms. The quantitative estimate of drug-likeness (QED) is 0.679. The Morgan fingerprint density at radius 1 is 1.12 bits per heavy atom.